The zero-order valence-corrected chi connectivity index (χ0v) is 17.7. The maximum Gasteiger partial charge on any atom is 0.188 e. The maximum absolute atomic E-state index is 3.59. The second-order valence-corrected chi connectivity index (χ2v) is 6.59. The molecule has 4 nitrogen and oxygen atoms in total. The van der Waals surface area contributed by atoms with Crippen LogP contribution in [0.25, 0.3) is 33.4 Å². The van der Waals surface area contributed by atoms with Gasteiger partial charge in [0.2, 0.25) is 0 Å². The van der Waals surface area contributed by atoms with Crippen LogP contribution in [-0.4, -0.2) is 18.3 Å². The molecule has 5 aromatic rings. The summed E-state index contributed by atoms with van der Waals surface area (Å²) >= 11 is 0. The molecule has 0 radical (unpaired) electrons. The van der Waals surface area contributed by atoms with Gasteiger partial charge in [0.25, 0.3) is 0 Å². The Morgan fingerprint density at radius 1 is 0.593 bits per heavy atom. The Balaban J connectivity index is 0.00000180. The first-order valence-electron chi connectivity index (χ1n) is 8.67. The molecule has 5 heteroatoms. The molecule has 5 rings (SSSR count). The molecule has 0 N–H and O–H groups in total. The van der Waals surface area contributed by atoms with Crippen molar-refractivity contribution < 1.29 is 19.8 Å². The molecule has 0 saturated heterocycles. The molecular weight excluding hydrogens is 511 g/mol. The van der Waals surface area contributed by atoms with Gasteiger partial charge in [-0.05, 0) is 30.3 Å². The fourth-order valence-corrected chi connectivity index (χ4v) is 3.64. The Bertz CT molecular complexity index is 1170. The number of nitrogens with zero attached hydrogens (tertiary/aromatic N) is 4. The smallest absolute Gasteiger partial charge is 0.188 e. The van der Waals surface area contributed by atoms with E-state index in [0.29, 0.717) is 0 Å². The average Bonchev–Trinajstić information content (AvgIpc) is 3.20. The van der Waals surface area contributed by atoms with Crippen molar-refractivity contribution in [2.24, 2.45) is 14.1 Å². The molecule has 0 fully saturated rings. The molecule has 27 heavy (non-hydrogen) atoms. The summed E-state index contributed by atoms with van der Waals surface area (Å²) in [6.45, 7) is 0. The standard InChI is InChI=1S/C22H19N4.Os/c1-23-15-25(21-12-5-3-10-19(21)23)17-8-7-9-18(14-17)26-16-24(2)20-11-4-6-13-22(20)26;/h3-13,15-16H,1-2H3;/q+1;. The number of benzene rings is 3. The molecule has 0 amide bonds. The van der Waals surface area contributed by atoms with Crippen LogP contribution in [0.2, 0.25) is 0 Å². The van der Waals surface area contributed by atoms with Crippen LogP contribution in [0.5, 0.6) is 0 Å². The quantitative estimate of drug-likeness (QED) is 0.298. The van der Waals surface area contributed by atoms with E-state index in [1.165, 1.54) is 22.1 Å². The summed E-state index contributed by atoms with van der Waals surface area (Å²) < 4.78 is 8.65. The number of aromatic nitrogens is 4. The molecule has 0 atom stereocenters. The van der Waals surface area contributed by atoms with Crippen LogP contribution in [0.15, 0.2) is 79.4 Å². The summed E-state index contributed by atoms with van der Waals surface area (Å²) in [5.74, 6) is 0. The number of aryl methyl sites for hydroxylation is 2. The van der Waals surface area contributed by atoms with Gasteiger partial charge in [0.1, 0.15) is 0 Å². The van der Waals surface area contributed by atoms with E-state index in [9.17, 15) is 0 Å². The zero-order valence-electron chi connectivity index (χ0n) is 15.1. The molecule has 134 valence electrons. The van der Waals surface area contributed by atoms with Crippen molar-refractivity contribution in [3.8, 4) is 11.4 Å². The third kappa shape index (κ3) is 2.79. The first-order valence-corrected chi connectivity index (χ1v) is 8.67. The fraction of sp³-hybridized carbons (Fsp3) is 0.0909. The molecule has 0 unspecified atom stereocenters. The van der Waals surface area contributed by atoms with E-state index >= 15 is 0 Å². The van der Waals surface area contributed by atoms with E-state index < -0.39 is 0 Å². The van der Waals surface area contributed by atoms with Crippen molar-refractivity contribution in [2.75, 3.05) is 0 Å². The normalized spacial score (nSPS) is 11.0. The predicted octanol–water partition coefficient (Wildman–Crippen LogP) is 4.61. The molecule has 0 saturated carbocycles. The summed E-state index contributed by atoms with van der Waals surface area (Å²) in [6.07, 6.45) is 4.21. The van der Waals surface area contributed by atoms with Gasteiger partial charge in [-0.25, -0.2) is 9.13 Å². The zero-order chi connectivity index (χ0) is 17.7. The van der Waals surface area contributed by atoms with E-state index in [1.54, 1.807) is 0 Å². The van der Waals surface area contributed by atoms with E-state index in [0.717, 1.165) is 11.4 Å². The van der Waals surface area contributed by atoms with Crippen LogP contribution in [0.1, 0.15) is 0 Å². The topological polar surface area (TPSA) is 19.7 Å². The van der Waals surface area contributed by atoms with Crippen molar-refractivity contribution in [3.05, 3.63) is 85.5 Å². The first-order chi connectivity index (χ1) is 12.7. The van der Waals surface area contributed by atoms with Crippen LogP contribution in [0.4, 0.5) is 0 Å². The van der Waals surface area contributed by atoms with Crippen LogP contribution in [0, 0.1) is 6.07 Å². The minimum atomic E-state index is 0. The number of hydrogen-bond acceptors (Lipinski definition) is 0. The maximum atomic E-state index is 3.59. The fourth-order valence-electron chi connectivity index (χ4n) is 3.64. The largest absolute Gasteiger partial charge is 0.248 e. The summed E-state index contributed by atoms with van der Waals surface area (Å²) in [5.41, 5.74) is 6.80. The van der Waals surface area contributed by atoms with Crippen molar-refractivity contribution in [1.82, 2.24) is 18.3 Å². The van der Waals surface area contributed by atoms with Crippen LogP contribution >= 0.6 is 0 Å². The number of imidazole rings is 2. The van der Waals surface area contributed by atoms with Gasteiger partial charge in [0.15, 0.2) is 34.7 Å². The Labute approximate surface area is 171 Å². The van der Waals surface area contributed by atoms with E-state index in [1.807, 2.05) is 0 Å². The van der Waals surface area contributed by atoms with Crippen molar-refractivity contribution >= 4 is 22.1 Å². The third-order valence-corrected chi connectivity index (χ3v) is 4.90. The monoisotopic (exact) mass is 531 g/mol. The second-order valence-electron chi connectivity index (χ2n) is 6.59. The van der Waals surface area contributed by atoms with Crippen molar-refractivity contribution in [2.45, 2.75) is 0 Å². The predicted molar refractivity (Wildman–Crippen MR) is 106 cm³/mol. The van der Waals surface area contributed by atoms with Gasteiger partial charge in [-0.3, -0.25) is 0 Å². The molecule has 0 aliphatic carbocycles. The Hall–Kier alpha value is -2.76. The minimum absolute atomic E-state index is 0. The van der Waals surface area contributed by atoms with Gasteiger partial charge in [0, 0.05) is 69.5 Å². The van der Waals surface area contributed by atoms with E-state index in [4.69, 9.17) is 0 Å². The molecular formula is C22H19N4Os+. The number of hydrogen-bond donors (Lipinski definition) is 0. The van der Waals surface area contributed by atoms with Gasteiger partial charge < -0.3 is 0 Å². The van der Waals surface area contributed by atoms with Gasteiger partial charge in [-0.1, -0.05) is 0 Å². The summed E-state index contributed by atoms with van der Waals surface area (Å²) in [7, 11) is 4.14. The summed E-state index contributed by atoms with van der Waals surface area (Å²) in [4.78, 5) is 0. The Morgan fingerprint density at radius 3 is 1.44 bits per heavy atom. The third-order valence-electron chi connectivity index (χ3n) is 4.90. The first kappa shape index (κ1) is 17.6. The van der Waals surface area contributed by atoms with Gasteiger partial charge in [-0.2, -0.15) is 9.13 Å². The minimum Gasteiger partial charge on any atom is -0.248 e. The van der Waals surface area contributed by atoms with Crippen molar-refractivity contribution in [1.29, 1.82) is 0 Å². The second kappa shape index (κ2) is 6.76. The van der Waals surface area contributed by atoms with Gasteiger partial charge in [0.05, 0.1) is 0 Å². The van der Waals surface area contributed by atoms with Crippen LogP contribution in [0.3, 0.4) is 0 Å². The molecule has 0 aliphatic heterocycles. The number of para-hydroxylation sites is 4. The average molecular weight is 530 g/mol. The molecule has 0 bridgehead atoms. The Kier molecular flexibility index (Phi) is 4.41. The molecule has 0 spiro atoms. The van der Waals surface area contributed by atoms with E-state index in [2.05, 4.69) is 118 Å². The SMILES string of the molecule is Cn1[cH+]n(-c2[c-]c(-n3[cH+]n(C)c4ccccc43)ccc2)c2ccccc21.[Os]. The number of rotatable bonds is 2. The van der Waals surface area contributed by atoms with Crippen LogP contribution in [-0.2, 0) is 33.9 Å². The Morgan fingerprint density at radius 2 is 1.00 bits per heavy atom. The van der Waals surface area contributed by atoms with Crippen LogP contribution < -0.4 is 0 Å². The summed E-state index contributed by atoms with van der Waals surface area (Å²) in [5, 5.41) is 0. The van der Waals surface area contributed by atoms with Crippen molar-refractivity contribution in [3.63, 3.8) is 0 Å². The molecule has 3 aromatic carbocycles. The molecule has 2 aromatic heterocycles. The number of fused-ring (bicyclic) bond motifs is 2. The molecule has 2 heterocycles. The van der Waals surface area contributed by atoms with Gasteiger partial charge in [-0.15, -0.1) is 18.2 Å². The van der Waals surface area contributed by atoms with Gasteiger partial charge >= 0.3 is 0 Å². The molecule has 0 aliphatic rings. The summed E-state index contributed by atoms with van der Waals surface area (Å²) in [6, 6.07) is 26.7. The van der Waals surface area contributed by atoms with E-state index in [-0.39, 0.29) is 19.8 Å².